The number of nitrogens with two attached hydrogens (primary N) is 1. The number of nitrogens with zero attached hydrogens (tertiary/aromatic N) is 1. The number of halogens is 3. The maximum atomic E-state index is 12.8. The number of ether oxygens (including phenoxy) is 1. The normalized spacial score (nSPS) is 13.3. The average Bonchev–Trinajstić information content (AvgIpc) is 2.35. The molecule has 1 atom stereocenters. The fraction of sp³-hybridized carbons (Fsp3) is 0.462. The summed E-state index contributed by atoms with van der Waals surface area (Å²) < 4.78 is 43.6. The van der Waals surface area contributed by atoms with Crippen LogP contribution in [0.1, 0.15) is 5.56 Å². The van der Waals surface area contributed by atoms with E-state index in [0.717, 1.165) is 5.56 Å². The molecular formula is C13H17F3N2OS. The van der Waals surface area contributed by atoms with Gasteiger partial charge in [0.2, 0.25) is 0 Å². The fourth-order valence-corrected chi connectivity index (χ4v) is 2.06. The van der Waals surface area contributed by atoms with E-state index >= 15 is 0 Å². The highest BCUT2D eigenvalue weighted by Gasteiger charge is 2.42. The molecule has 0 fully saturated rings. The molecule has 0 aliphatic rings. The van der Waals surface area contributed by atoms with E-state index in [9.17, 15) is 13.2 Å². The molecule has 0 saturated heterocycles. The second kappa shape index (κ2) is 6.90. The van der Waals surface area contributed by atoms with Gasteiger partial charge in [0, 0.05) is 18.7 Å². The number of rotatable bonds is 6. The van der Waals surface area contributed by atoms with Gasteiger partial charge in [-0.05, 0) is 13.1 Å². The first-order valence-corrected chi connectivity index (χ1v) is 6.33. The molecule has 1 unspecified atom stereocenters. The molecule has 0 radical (unpaired) electrons. The topological polar surface area (TPSA) is 38.5 Å². The summed E-state index contributed by atoms with van der Waals surface area (Å²) in [4.78, 5) is 0.985. The maximum absolute atomic E-state index is 12.8. The van der Waals surface area contributed by atoms with Crippen molar-refractivity contribution in [3.8, 4) is 5.75 Å². The smallest absolute Gasteiger partial charge is 0.399 e. The zero-order valence-corrected chi connectivity index (χ0v) is 12.1. The Hall–Kier alpha value is -1.34. The van der Waals surface area contributed by atoms with Crippen molar-refractivity contribution < 1.29 is 17.9 Å². The monoisotopic (exact) mass is 306 g/mol. The summed E-state index contributed by atoms with van der Waals surface area (Å²) >= 11 is 4.50. The Morgan fingerprint density at radius 2 is 2.00 bits per heavy atom. The zero-order valence-electron chi connectivity index (χ0n) is 11.3. The van der Waals surface area contributed by atoms with Gasteiger partial charge in [0.05, 0.1) is 12.1 Å². The van der Waals surface area contributed by atoms with E-state index in [2.05, 4.69) is 12.2 Å². The van der Waals surface area contributed by atoms with Gasteiger partial charge >= 0.3 is 6.18 Å². The Balaban J connectivity index is 2.76. The SMILES string of the molecule is COc1ccccc1CN(C)CC(C(N)=S)C(F)(F)F. The van der Waals surface area contributed by atoms with Crippen LogP contribution in [0.15, 0.2) is 24.3 Å². The van der Waals surface area contributed by atoms with Gasteiger partial charge in [-0.1, -0.05) is 30.4 Å². The summed E-state index contributed by atoms with van der Waals surface area (Å²) in [6, 6.07) is 7.17. The van der Waals surface area contributed by atoms with Crippen molar-refractivity contribution in [3.63, 3.8) is 0 Å². The van der Waals surface area contributed by atoms with E-state index in [1.165, 1.54) is 12.0 Å². The molecule has 112 valence electrons. The molecule has 1 aromatic carbocycles. The third-order valence-electron chi connectivity index (χ3n) is 2.87. The molecule has 0 bridgehead atoms. The summed E-state index contributed by atoms with van der Waals surface area (Å²) in [5.41, 5.74) is 5.99. The predicted molar refractivity (Wildman–Crippen MR) is 75.7 cm³/mol. The highest BCUT2D eigenvalue weighted by atomic mass is 32.1. The average molecular weight is 306 g/mol. The first-order chi connectivity index (χ1) is 9.25. The van der Waals surface area contributed by atoms with Crippen LogP contribution >= 0.6 is 12.2 Å². The Labute approximate surface area is 121 Å². The Kier molecular flexibility index (Phi) is 5.76. The third kappa shape index (κ3) is 4.64. The lowest BCUT2D eigenvalue weighted by Crippen LogP contribution is -2.42. The summed E-state index contributed by atoms with van der Waals surface area (Å²) in [7, 11) is 3.11. The molecular weight excluding hydrogens is 289 g/mol. The van der Waals surface area contributed by atoms with Crippen molar-refractivity contribution in [2.45, 2.75) is 12.7 Å². The van der Waals surface area contributed by atoms with Crippen molar-refractivity contribution in [1.82, 2.24) is 4.90 Å². The van der Waals surface area contributed by atoms with Crippen LogP contribution in [0.5, 0.6) is 5.75 Å². The molecule has 0 saturated carbocycles. The van der Waals surface area contributed by atoms with E-state index < -0.39 is 17.1 Å². The molecule has 0 amide bonds. The van der Waals surface area contributed by atoms with E-state index in [0.29, 0.717) is 12.3 Å². The predicted octanol–water partition coefficient (Wildman–Crippen LogP) is 2.59. The lowest BCUT2D eigenvalue weighted by molar-refractivity contribution is -0.158. The van der Waals surface area contributed by atoms with Crippen LogP contribution in [-0.2, 0) is 6.54 Å². The van der Waals surface area contributed by atoms with Crippen LogP contribution < -0.4 is 10.5 Å². The lowest BCUT2D eigenvalue weighted by Gasteiger charge is -2.25. The van der Waals surface area contributed by atoms with E-state index in [-0.39, 0.29) is 6.54 Å². The van der Waals surface area contributed by atoms with E-state index in [4.69, 9.17) is 10.5 Å². The summed E-state index contributed by atoms with van der Waals surface area (Å²) in [5.74, 6) is -1.17. The number of hydrogen-bond acceptors (Lipinski definition) is 3. The number of thiocarbonyl (C=S) groups is 1. The third-order valence-corrected chi connectivity index (χ3v) is 3.15. The molecule has 3 nitrogen and oxygen atoms in total. The highest BCUT2D eigenvalue weighted by Crippen LogP contribution is 2.28. The van der Waals surface area contributed by atoms with Crippen LogP contribution in [0.2, 0.25) is 0 Å². The molecule has 7 heteroatoms. The van der Waals surface area contributed by atoms with Crippen LogP contribution in [0.25, 0.3) is 0 Å². The minimum Gasteiger partial charge on any atom is -0.496 e. The summed E-state index contributed by atoms with van der Waals surface area (Å²) in [5, 5.41) is 0. The van der Waals surface area contributed by atoms with Crippen molar-refractivity contribution in [2.24, 2.45) is 11.7 Å². The standard InChI is InChI=1S/C13H17F3N2OS/c1-18(8-10(12(17)20)13(14,15)16)7-9-5-3-4-6-11(9)19-2/h3-6,10H,7-8H2,1-2H3,(H2,17,20). The Bertz CT molecular complexity index is 465. The minimum absolute atomic E-state index is 0.281. The van der Waals surface area contributed by atoms with Crippen molar-refractivity contribution in [2.75, 3.05) is 20.7 Å². The highest BCUT2D eigenvalue weighted by molar-refractivity contribution is 7.80. The van der Waals surface area contributed by atoms with Crippen LogP contribution in [0.3, 0.4) is 0 Å². The lowest BCUT2D eigenvalue weighted by atomic mass is 10.1. The van der Waals surface area contributed by atoms with Crippen LogP contribution in [0, 0.1) is 5.92 Å². The number of benzene rings is 1. The first kappa shape index (κ1) is 16.7. The molecule has 1 aromatic rings. The van der Waals surface area contributed by atoms with Gasteiger partial charge in [0.1, 0.15) is 11.7 Å². The fourth-order valence-electron chi connectivity index (χ4n) is 1.86. The molecule has 2 N–H and O–H groups in total. The van der Waals surface area contributed by atoms with Gasteiger partial charge in [0.15, 0.2) is 0 Å². The number of alkyl halides is 3. The molecule has 1 rings (SSSR count). The van der Waals surface area contributed by atoms with Crippen molar-refractivity contribution >= 4 is 17.2 Å². The van der Waals surface area contributed by atoms with E-state index in [1.807, 2.05) is 0 Å². The van der Waals surface area contributed by atoms with Gasteiger partial charge in [-0.3, -0.25) is 0 Å². The second-order valence-electron chi connectivity index (χ2n) is 4.51. The molecule has 0 aliphatic heterocycles. The Morgan fingerprint density at radius 1 is 1.40 bits per heavy atom. The zero-order chi connectivity index (χ0) is 15.3. The summed E-state index contributed by atoms with van der Waals surface area (Å²) in [6.45, 7) is 0.0378. The quantitative estimate of drug-likeness (QED) is 0.820. The molecule has 0 aliphatic carbocycles. The van der Waals surface area contributed by atoms with E-state index in [1.54, 1.807) is 31.3 Å². The molecule has 0 spiro atoms. The van der Waals surface area contributed by atoms with Crippen molar-refractivity contribution in [3.05, 3.63) is 29.8 Å². The molecule has 0 heterocycles. The Morgan fingerprint density at radius 3 is 2.50 bits per heavy atom. The number of para-hydroxylation sites is 1. The van der Waals surface area contributed by atoms with Crippen LogP contribution in [0.4, 0.5) is 13.2 Å². The summed E-state index contributed by atoms with van der Waals surface area (Å²) in [6.07, 6.45) is -4.43. The minimum atomic E-state index is -4.43. The first-order valence-electron chi connectivity index (χ1n) is 5.92. The van der Waals surface area contributed by atoms with Crippen molar-refractivity contribution in [1.29, 1.82) is 0 Å². The molecule has 0 aromatic heterocycles. The number of hydrogen-bond donors (Lipinski definition) is 1. The van der Waals surface area contributed by atoms with Gasteiger partial charge in [-0.2, -0.15) is 13.2 Å². The van der Waals surface area contributed by atoms with Gasteiger partial charge in [0.25, 0.3) is 0 Å². The second-order valence-corrected chi connectivity index (χ2v) is 4.98. The number of methoxy groups -OCH3 is 1. The molecule has 20 heavy (non-hydrogen) atoms. The van der Waals surface area contributed by atoms with Gasteiger partial charge in [-0.15, -0.1) is 0 Å². The van der Waals surface area contributed by atoms with Gasteiger partial charge < -0.3 is 15.4 Å². The van der Waals surface area contributed by atoms with Gasteiger partial charge in [-0.25, -0.2) is 0 Å². The maximum Gasteiger partial charge on any atom is 0.399 e. The largest absolute Gasteiger partial charge is 0.496 e. The van der Waals surface area contributed by atoms with Crippen LogP contribution in [-0.4, -0.2) is 36.8 Å².